The molecule has 0 aliphatic rings. The van der Waals surface area contributed by atoms with Crippen LogP contribution in [-0.4, -0.2) is 30.3 Å². The number of benzene rings is 1. The topological polar surface area (TPSA) is 58.6 Å². The number of nitrogens with one attached hydrogen (secondary N) is 1. The van der Waals surface area contributed by atoms with Crippen LogP contribution in [0, 0.1) is 5.92 Å². The molecule has 2 N–H and O–H groups in total. The Kier molecular flexibility index (Phi) is 6.36. The Morgan fingerprint density at radius 3 is 2.74 bits per heavy atom. The lowest BCUT2D eigenvalue weighted by Gasteiger charge is -2.19. The molecule has 0 saturated carbocycles. The molecule has 0 saturated heterocycles. The standard InChI is InChI=1S/C15H23NO3/c1-4-12-6-5-7-13(8-12)19-10-15(18)16-14(9-17)11(2)3/h5-8,11,14,17H,4,9-10H2,1-3H3,(H,16,18). The van der Waals surface area contributed by atoms with Crippen LogP contribution in [0.15, 0.2) is 24.3 Å². The molecule has 0 spiro atoms. The number of amides is 1. The van der Waals surface area contributed by atoms with Crippen LogP contribution in [0.3, 0.4) is 0 Å². The summed E-state index contributed by atoms with van der Waals surface area (Å²) in [5, 5.41) is 11.9. The number of aryl methyl sites for hydroxylation is 1. The Labute approximate surface area is 114 Å². The van der Waals surface area contributed by atoms with Crippen molar-refractivity contribution < 1.29 is 14.6 Å². The first-order chi connectivity index (χ1) is 9.06. The van der Waals surface area contributed by atoms with Crippen molar-refractivity contribution in [1.29, 1.82) is 0 Å². The van der Waals surface area contributed by atoms with Crippen LogP contribution in [0.2, 0.25) is 0 Å². The smallest absolute Gasteiger partial charge is 0.258 e. The van der Waals surface area contributed by atoms with Gasteiger partial charge in [0.05, 0.1) is 12.6 Å². The molecule has 0 fully saturated rings. The molecule has 4 nitrogen and oxygen atoms in total. The van der Waals surface area contributed by atoms with E-state index >= 15 is 0 Å². The minimum absolute atomic E-state index is 0.0314. The van der Waals surface area contributed by atoms with E-state index < -0.39 is 0 Å². The van der Waals surface area contributed by atoms with Gasteiger partial charge in [0.25, 0.3) is 5.91 Å². The van der Waals surface area contributed by atoms with Crippen molar-refractivity contribution in [2.24, 2.45) is 5.92 Å². The summed E-state index contributed by atoms with van der Waals surface area (Å²) in [6, 6.07) is 7.47. The molecule has 0 aliphatic heterocycles. The average Bonchev–Trinajstić information content (AvgIpc) is 2.42. The Morgan fingerprint density at radius 1 is 1.42 bits per heavy atom. The van der Waals surface area contributed by atoms with Gasteiger partial charge >= 0.3 is 0 Å². The quantitative estimate of drug-likeness (QED) is 0.790. The summed E-state index contributed by atoms with van der Waals surface area (Å²) in [4.78, 5) is 11.7. The molecule has 1 rings (SSSR count). The van der Waals surface area contributed by atoms with E-state index in [4.69, 9.17) is 9.84 Å². The van der Waals surface area contributed by atoms with Gasteiger partial charge in [-0.25, -0.2) is 0 Å². The first-order valence-corrected chi connectivity index (χ1v) is 6.68. The highest BCUT2D eigenvalue weighted by Gasteiger charge is 2.15. The second-order valence-electron chi connectivity index (χ2n) is 4.89. The SMILES string of the molecule is CCc1cccc(OCC(=O)NC(CO)C(C)C)c1. The van der Waals surface area contributed by atoms with Gasteiger partial charge in [-0.1, -0.05) is 32.9 Å². The monoisotopic (exact) mass is 265 g/mol. The van der Waals surface area contributed by atoms with Gasteiger partial charge < -0.3 is 15.2 Å². The fourth-order valence-electron chi connectivity index (χ4n) is 1.68. The van der Waals surface area contributed by atoms with E-state index in [9.17, 15) is 4.79 Å². The highest BCUT2D eigenvalue weighted by atomic mass is 16.5. The van der Waals surface area contributed by atoms with Crippen LogP contribution in [0.5, 0.6) is 5.75 Å². The number of rotatable bonds is 7. The molecule has 106 valence electrons. The first kappa shape index (κ1) is 15.5. The van der Waals surface area contributed by atoms with Crippen LogP contribution in [0.25, 0.3) is 0 Å². The van der Waals surface area contributed by atoms with Gasteiger partial charge in [0.15, 0.2) is 6.61 Å². The van der Waals surface area contributed by atoms with Crippen LogP contribution in [-0.2, 0) is 11.2 Å². The van der Waals surface area contributed by atoms with E-state index in [0.29, 0.717) is 5.75 Å². The lowest BCUT2D eigenvalue weighted by Crippen LogP contribution is -2.43. The number of aliphatic hydroxyl groups excluding tert-OH is 1. The molecule has 1 aromatic carbocycles. The van der Waals surface area contributed by atoms with Crippen molar-refractivity contribution in [3.05, 3.63) is 29.8 Å². The summed E-state index contributed by atoms with van der Waals surface area (Å²) in [6.07, 6.45) is 0.934. The van der Waals surface area contributed by atoms with E-state index in [2.05, 4.69) is 12.2 Å². The fourth-order valence-corrected chi connectivity index (χ4v) is 1.68. The Balaban J connectivity index is 2.45. The first-order valence-electron chi connectivity index (χ1n) is 6.68. The van der Waals surface area contributed by atoms with Crippen molar-refractivity contribution in [3.63, 3.8) is 0 Å². The minimum atomic E-state index is -0.224. The van der Waals surface area contributed by atoms with Gasteiger partial charge in [0, 0.05) is 0 Å². The summed E-state index contributed by atoms with van der Waals surface area (Å²) < 4.78 is 5.44. The van der Waals surface area contributed by atoms with E-state index in [0.717, 1.165) is 6.42 Å². The third-order valence-electron chi connectivity index (χ3n) is 3.02. The molecule has 0 aromatic heterocycles. The van der Waals surface area contributed by atoms with Gasteiger partial charge in [-0.05, 0) is 30.0 Å². The third kappa shape index (κ3) is 5.30. The molecule has 0 heterocycles. The number of carbonyl (C=O) groups excluding carboxylic acids is 1. The number of hydrogen-bond donors (Lipinski definition) is 2. The molecule has 1 unspecified atom stereocenters. The van der Waals surface area contributed by atoms with Gasteiger partial charge in [0.2, 0.25) is 0 Å². The van der Waals surface area contributed by atoms with E-state index in [1.807, 2.05) is 38.1 Å². The van der Waals surface area contributed by atoms with Crippen molar-refractivity contribution in [3.8, 4) is 5.75 Å². The molecule has 1 aromatic rings. The summed E-state index contributed by atoms with van der Waals surface area (Å²) in [5.41, 5.74) is 1.17. The van der Waals surface area contributed by atoms with E-state index in [1.54, 1.807) is 0 Å². The van der Waals surface area contributed by atoms with Gasteiger partial charge in [-0.15, -0.1) is 0 Å². The number of ether oxygens (including phenoxy) is 1. The zero-order valence-electron chi connectivity index (χ0n) is 11.8. The zero-order chi connectivity index (χ0) is 14.3. The summed E-state index contributed by atoms with van der Waals surface area (Å²) >= 11 is 0. The fraction of sp³-hybridized carbons (Fsp3) is 0.533. The lowest BCUT2D eigenvalue weighted by molar-refractivity contribution is -0.124. The second-order valence-corrected chi connectivity index (χ2v) is 4.89. The highest BCUT2D eigenvalue weighted by Crippen LogP contribution is 2.13. The summed E-state index contributed by atoms with van der Waals surface area (Å²) in [7, 11) is 0. The third-order valence-corrected chi connectivity index (χ3v) is 3.02. The molecule has 4 heteroatoms. The van der Waals surface area contributed by atoms with Gasteiger partial charge in [-0.2, -0.15) is 0 Å². The van der Waals surface area contributed by atoms with Crippen LogP contribution < -0.4 is 10.1 Å². The maximum atomic E-state index is 11.7. The Hall–Kier alpha value is -1.55. The van der Waals surface area contributed by atoms with E-state index in [1.165, 1.54) is 5.56 Å². The van der Waals surface area contributed by atoms with Crippen molar-refractivity contribution >= 4 is 5.91 Å². The Morgan fingerprint density at radius 2 is 2.16 bits per heavy atom. The minimum Gasteiger partial charge on any atom is -0.484 e. The lowest BCUT2D eigenvalue weighted by atomic mass is 10.1. The van der Waals surface area contributed by atoms with Crippen LogP contribution in [0.1, 0.15) is 26.3 Å². The highest BCUT2D eigenvalue weighted by molar-refractivity contribution is 5.77. The molecule has 0 radical (unpaired) electrons. The zero-order valence-corrected chi connectivity index (χ0v) is 11.8. The number of carbonyl (C=O) groups is 1. The Bertz CT molecular complexity index is 404. The number of aliphatic hydroxyl groups is 1. The molecule has 0 aliphatic carbocycles. The predicted molar refractivity (Wildman–Crippen MR) is 75.2 cm³/mol. The largest absolute Gasteiger partial charge is 0.484 e. The second kappa shape index (κ2) is 7.79. The molecule has 1 amide bonds. The van der Waals surface area contributed by atoms with Crippen molar-refractivity contribution in [2.75, 3.05) is 13.2 Å². The van der Waals surface area contributed by atoms with Crippen LogP contribution in [0.4, 0.5) is 0 Å². The van der Waals surface area contributed by atoms with E-state index in [-0.39, 0.29) is 31.1 Å². The van der Waals surface area contributed by atoms with Crippen molar-refractivity contribution in [2.45, 2.75) is 33.2 Å². The van der Waals surface area contributed by atoms with Gasteiger partial charge in [0.1, 0.15) is 5.75 Å². The summed E-state index contributed by atoms with van der Waals surface area (Å²) in [5.74, 6) is 0.673. The van der Waals surface area contributed by atoms with Gasteiger partial charge in [-0.3, -0.25) is 4.79 Å². The molecule has 19 heavy (non-hydrogen) atoms. The predicted octanol–water partition coefficient (Wildman–Crippen LogP) is 1.76. The van der Waals surface area contributed by atoms with Crippen LogP contribution >= 0.6 is 0 Å². The molecular formula is C15H23NO3. The molecular weight excluding hydrogens is 242 g/mol. The maximum Gasteiger partial charge on any atom is 0.258 e. The van der Waals surface area contributed by atoms with Crippen molar-refractivity contribution in [1.82, 2.24) is 5.32 Å². The molecule has 1 atom stereocenters. The number of hydrogen-bond acceptors (Lipinski definition) is 3. The average molecular weight is 265 g/mol. The normalized spacial score (nSPS) is 12.3. The maximum absolute atomic E-state index is 11.7. The molecule has 0 bridgehead atoms. The summed E-state index contributed by atoms with van der Waals surface area (Å²) in [6.45, 7) is 5.88.